The first-order valence-electron chi connectivity index (χ1n) is 6.73. The van der Waals surface area contributed by atoms with Crippen LogP contribution in [0.5, 0.6) is 5.75 Å². The minimum Gasteiger partial charge on any atom is -0.539 e. The van der Waals surface area contributed by atoms with Gasteiger partial charge in [0.25, 0.3) is 0 Å². The van der Waals surface area contributed by atoms with Crippen LogP contribution in [-0.4, -0.2) is 56.5 Å². The summed E-state index contributed by atoms with van der Waals surface area (Å²) >= 11 is 5.87. The van der Waals surface area contributed by atoms with Gasteiger partial charge < -0.3 is 29.4 Å². The summed E-state index contributed by atoms with van der Waals surface area (Å²) in [7, 11) is 0. The lowest BCUT2D eigenvalue weighted by Crippen LogP contribution is -3.14. The Morgan fingerprint density at radius 3 is 2.55 bits per heavy atom. The summed E-state index contributed by atoms with van der Waals surface area (Å²) in [5.74, 6) is -3.16. The number of halogens is 1. The van der Waals surface area contributed by atoms with Gasteiger partial charge in [-0.1, -0.05) is 17.7 Å². The SMILES string of the molecule is Clc1cccc(OCC[NH+]2CCOCC2)c1.O=C([O-])C(=O)O. The quantitative estimate of drug-likeness (QED) is 0.648. The zero-order valence-corrected chi connectivity index (χ0v) is 12.7. The van der Waals surface area contributed by atoms with Crippen molar-refractivity contribution >= 4 is 23.5 Å². The Labute approximate surface area is 133 Å². The highest BCUT2D eigenvalue weighted by Gasteiger charge is 2.13. The summed E-state index contributed by atoms with van der Waals surface area (Å²) in [6.07, 6.45) is 0. The predicted molar refractivity (Wildman–Crippen MR) is 76.0 cm³/mol. The Bertz CT molecular complexity index is 478. The van der Waals surface area contributed by atoms with Crippen molar-refractivity contribution < 1.29 is 34.2 Å². The van der Waals surface area contributed by atoms with E-state index in [1.54, 1.807) is 4.90 Å². The number of carbonyl (C=O) groups excluding carboxylic acids is 1. The second-order valence-electron chi connectivity index (χ2n) is 4.51. The molecule has 2 N–H and O–H groups in total. The molecule has 1 saturated heterocycles. The molecule has 0 bridgehead atoms. The number of hydrogen-bond donors (Lipinski definition) is 2. The minimum absolute atomic E-state index is 0.719. The van der Waals surface area contributed by atoms with Gasteiger partial charge in [0.2, 0.25) is 0 Å². The third kappa shape index (κ3) is 7.82. The number of nitrogens with one attached hydrogen (secondary N) is 1. The fourth-order valence-corrected chi connectivity index (χ4v) is 1.96. The number of morpholine rings is 1. The molecule has 8 heteroatoms. The minimum atomic E-state index is -2.07. The largest absolute Gasteiger partial charge is 0.539 e. The molecule has 1 aromatic rings. The maximum atomic E-state index is 9.04. The van der Waals surface area contributed by atoms with Gasteiger partial charge in [-0.05, 0) is 18.2 Å². The molecule has 122 valence electrons. The van der Waals surface area contributed by atoms with Crippen molar-refractivity contribution in [2.24, 2.45) is 0 Å². The van der Waals surface area contributed by atoms with Crippen LogP contribution in [0, 0.1) is 0 Å². The number of aliphatic carboxylic acids is 2. The normalized spacial score (nSPS) is 14.6. The Kier molecular flexibility index (Phi) is 8.27. The summed E-state index contributed by atoms with van der Waals surface area (Å²) in [4.78, 5) is 19.6. The molecule has 0 aliphatic carbocycles. The molecular weight excluding hydrogens is 314 g/mol. The summed E-state index contributed by atoms with van der Waals surface area (Å²) in [6.45, 7) is 5.66. The van der Waals surface area contributed by atoms with Crippen LogP contribution in [0.1, 0.15) is 0 Å². The first-order valence-corrected chi connectivity index (χ1v) is 7.11. The molecular formula is C14H18ClNO6. The Morgan fingerprint density at radius 2 is 2.00 bits per heavy atom. The molecule has 1 aliphatic rings. The molecule has 0 saturated carbocycles. The van der Waals surface area contributed by atoms with Gasteiger partial charge in [-0.25, -0.2) is 4.79 Å². The van der Waals surface area contributed by atoms with Crippen molar-refractivity contribution in [2.75, 3.05) is 39.5 Å². The average molecular weight is 332 g/mol. The standard InChI is InChI=1S/C12H16ClNO2.C2H2O4/c13-11-2-1-3-12(10-11)16-9-6-14-4-7-15-8-5-14;3-1(4)2(5)6/h1-3,10H,4-9H2;(H,3,4)(H,5,6). The summed E-state index contributed by atoms with van der Waals surface area (Å²) in [6, 6.07) is 7.53. The Morgan fingerprint density at radius 1 is 1.36 bits per heavy atom. The maximum absolute atomic E-state index is 9.04. The van der Waals surface area contributed by atoms with Crippen molar-refractivity contribution in [1.29, 1.82) is 0 Å². The highest BCUT2D eigenvalue weighted by molar-refractivity contribution is 6.30. The van der Waals surface area contributed by atoms with Crippen LogP contribution < -0.4 is 14.7 Å². The lowest BCUT2D eigenvalue weighted by molar-refractivity contribution is -0.908. The molecule has 1 heterocycles. The number of carboxylic acid groups (broad SMARTS) is 2. The van der Waals surface area contributed by atoms with E-state index < -0.39 is 11.9 Å². The van der Waals surface area contributed by atoms with Gasteiger partial charge in [-0.2, -0.15) is 0 Å². The van der Waals surface area contributed by atoms with Gasteiger partial charge in [-0.15, -0.1) is 0 Å². The summed E-state index contributed by atoms with van der Waals surface area (Å²) in [5, 5.41) is 17.0. The van der Waals surface area contributed by atoms with Gasteiger partial charge in [0.1, 0.15) is 32.0 Å². The topological polar surface area (TPSA) is 100 Å². The van der Waals surface area contributed by atoms with Crippen molar-refractivity contribution in [2.45, 2.75) is 0 Å². The van der Waals surface area contributed by atoms with Gasteiger partial charge in [0.15, 0.2) is 5.97 Å². The molecule has 22 heavy (non-hydrogen) atoms. The van der Waals surface area contributed by atoms with E-state index in [2.05, 4.69) is 0 Å². The molecule has 0 atom stereocenters. The van der Waals surface area contributed by atoms with E-state index in [-0.39, 0.29) is 0 Å². The highest BCUT2D eigenvalue weighted by atomic mass is 35.5. The van der Waals surface area contributed by atoms with Crippen LogP contribution in [0.25, 0.3) is 0 Å². The monoisotopic (exact) mass is 331 g/mol. The molecule has 0 amide bonds. The summed E-state index contributed by atoms with van der Waals surface area (Å²) < 4.78 is 10.9. The zero-order chi connectivity index (χ0) is 16.4. The smallest absolute Gasteiger partial charge is 0.351 e. The number of quaternary nitrogens is 1. The highest BCUT2D eigenvalue weighted by Crippen LogP contribution is 2.16. The number of carbonyl (C=O) groups is 2. The van der Waals surface area contributed by atoms with Crippen LogP contribution in [0.2, 0.25) is 5.02 Å². The van der Waals surface area contributed by atoms with Gasteiger partial charge in [-0.3, -0.25) is 0 Å². The fourth-order valence-electron chi connectivity index (χ4n) is 1.78. The van der Waals surface area contributed by atoms with E-state index in [4.69, 9.17) is 40.9 Å². The number of carboxylic acids is 2. The van der Waals surface area contributed by atoms with E-state index in [0.29, 0.717) is 0 Å². The lowest BCUT2D eigenvalue weighted by Gasteiger charge is -2.23. The second-order valence-corrected chi connectivity index (χ2v) is 4.95. The van der Waals surface area contributed by atoms with Gasteiger partial charge in [0.05, 0.1) is 13.2 Å². The predicted octanol–water partition coefficient (Wildman–Crippen LogP) is -1.55. The van der Waals surface area contributed by atoms with Crippen molar-refractivity contribution in [3.8, 4) is 5.75 Å². The first kappa shape index (κ1) is 18.2. The molecule has 1 fully saturated rings. The third-order valence-electron chi connectivity index (χ3n) is 2.89. The van der Waals surface area contributed by atoms with E-state index in [1.165, 1.54) is 0 Å². The van der Waals surface area contributed by atoms with E-state index in [9.17, 15) is 0 Å². The van der Waals surface area contributed by atoms with Crippen molar-refractivity contribution in [3.63, 3.8) is 0 Å². The number of hydrogen-bond acceptors (Lipinski definition) is 5. The second kappa shape index (κ2) is 9.99. The zero-order valence-electron chi connectivity index (χ0n) is 11.9. The van der Waals surface area contributed by atoms with Crippen LogP contribution in [0.15, 0.2) is 24.3 Å². The van der Waals surface area contributed by atoms with Crippen LogP contribution in [-0.2, 0) is 14.3 Å². The van der Waals surface area contributed by atoms with Gasteiger partial charge in [0, 0.05) is 5.02 Å². The Balaban J connectivity index is 0.000000346. The molecule has 0 radical (unpaired) electrons. The molecule has 1 aromatic carbocycles. The maximum Gasteiger partial charge on any atom is 0.351 e. The van der Waals surface area contributed by atoms with Crippen LogP contribution >= 0.6 is 11.6 Å². The van der Waals surface area contributed by atoms with Crippen LogP contribution in [0.4, 0.5) is 0 Å². The molecule has 1 aliphatic heterocycles. The first-order chi connectivity index (χ1) is 10.5. The van der Waals surface area contributed by atoms with E-state index in [0.717, 1.165) is 50.2 Å². The number of benzene rings is 1. The molecule has 2 rings (SSSR count). The third-order valence-corrected chi connectivity index (χ3v) is 3.13. The van der Waals surface area contributed by atoms with Gasteiger partial charge >= 0.3 is 5.97 Å². The molecule has 7 nitrogen and oxygen atoms in total. The molecule has 0 spiro atoms. The fraction of sp³-hybridized carbons (Fsp3) is 0.429. The van der Waals surface area contributed by atoms with E-state index >= 15 is 0 Å². The van der Waals surface area contributed by atoms with Crippen molar-refractivity contribution in [3.05, 3.63) is 29.3 Å². The van der Waals surface area contributed by atoms with E-state index in [1.807, 2.05) is 24.3 Å². The Hall–Kier alpha value is -1.83. The number of ether oxygens (including phenoxy) is 2. The average Bonchev–Trinajstić information content (AvgIpc) is 2.49. The molecule has 0 unspecified atom stereocenters. The van der Waals surface area contributed by atoms with Crippen LogP contribution in [0.3, 0.4) is 0 Å². The van der Waals surface area contributed by atoms with Crippen molar-refractivity contribution in [1.82, 2.24) is 0 Å². The molecule has 0 aromatic heterocycles. The summed E-state index contributed by atoms with van der Waals surface area (Å²) in [5.41, 5.74) is 0. The number of rotatable bonds is 4. The lowest BCUT2D eigenvalue weighted by atomic mass is 10.3.